The maximum atomic E-state index is 16.4. The minimum atomic E-state index is -4.95. The van der Waals surface area contributed by atoms with Crippen molar-refractivity contribution in [1.29, 1.82) is 0 Å². The van der Waals surface area contributed by atoms with Crippen molar-refractivity contribution in [3.63, 3.8) is 0 Å². The summed E-state index contributed by atoms with van der Waals surface area (Å²) in [6, 6.07) is 13.6. The number of ether oxygens (including phenoxy) is 4. The summed E-state index contributed by atoms with van der Waals surface area (Å²) < 4.78 is 92.0. The molecule has 2 aromatic carbocycles. The van der Waals surface area contributed by atoms with E-state index in [2.05, 4.69) is 15.0 Å². The number of imidazole rings is 1. The average molecular weight is 878 g/mol. The van der Waals surface area contributed by atoms with Crippen LogP contribution in [0, 0.1) is 0 Å². The molecule has 312 valence electrons. The fourth-order valence-corrected chi connectivity index (χ4v) is 10.8. The number of phosphoric ester groups is 1. The molecule has 4 N–H and O–H groups in total. The van der Waals surface area contributed by atoms with Gasteiger partial charge < -0.3 is 29.6 Å². The number of benzene rings is 2. The van der Waals surface area contributed by atoms with Gasteiger partial charge in [-0.1, -0.05) is 12.1 Å². The predicted octanol–water partition coefficient (Wildman–Crippen LogP) is 3.67. The Morgan fingerprint density at radius 1 is 0.966 bits per heavy atom. The minimum Gasteiger partial charge on any atom is -0.497 e. The van der Waals surface area contributed by atoms with Crippen LogP contribution >= 0.6 is 26.0 Å². The van der Waals surface area contributed by atoms with Crippen LogP contribution in [0.3, 0.4) is 0 Å². The normalized spacial score (nSPS) is 29.8. The zero-order chi connectivity index (χ0) is 41.5. The first-order valence-corrected chi connectivity index (χ1v) is 22.3. The number of fused-ring (bicyclic) bond motifs is 3. The number of nitrogens with zero attached hydrogens (tertiary/aromatic N) is 5. The fraction of sp³-hybridized carbons (Fsp3) is 0.353. The first-order chi connectivity index (χ1) is 28.3. The number of halogens is 1. The Morgan fingerprint density at radius 3 is 2.46 bits per heavy atom. The topological polar surface area (TPSA) is 270 Å². The van der Waals surface area contributed by atoms with E-state index in [9.17, 15) is 28.4 Å². The number of methoxy groups -OCH3 is 1. The van der Waals surface area contributed by atoms with Gasteiger partial charge in [-0.15, -0.1) is 0 Å². The number of alkyl halides is 1. The molecule has 59 heavy (non-hydrogen) atoms. The van der Waals surface area contributed by atoms with Gasteiger partial charge in [-0.05, 0) is 53.3 Å². The van der Waals surface area contributed by atoms with Gasteiger partial charge in [-0.3, -0.25) is 37.0 Å². The monoisotopic (exact) mass is 877 g/mol. The van der Waals surface area contributed by atoms with Crippen LogP contribution in [-0.4, -0.2) is 90.8 Å². The molecule has 0 amide bonds. The number of rotatable bonds is 8. The van der Waals surface area contributed by atoms with E-state index in [0.29, 0.717) is 33.9 Å². The van der Waals surface area contributed by atoms with Gasteiger partial charge in [0.25, 0.3) is 5.56 Å². The summed E-state index contributed by atoms with van der Waals surface area (Å²) >= 11 is 0.678. The number of nitrogen functional groups attached to an aromatic ring is 1. The third-order valence-electron chi connectivity index (χ3n) is 9.44. The number of esters is 1. The molecule has 0 aliphatic carbocycles. The van der Waals surface area contributed by atoms with Crippen LogP contribution in [-0.2, 0) is 42.5 Å². The van der Waals surface area contributed by atoms with Crippen LogP contribution in [0.4, 0.5) is 10.2 Å². The van der Waals surface area contributed by atoms with Crippen molar-refractivity contribution in [3.8, 4) is 11.5 Å². The van der Waals surface area contributed by atoms with Crippen molar-refractivity contribution in [2.45, 2.75) is 55.2 Å². The molecule has 0 bridgehead atoms. The maximum Gasteiger partial charge on any atom is 0.472 e. The Labute approximate surface area is 335 Å². The Balaban J connectivity index is 1.05. The molecule has 21 nitrogen and oxygen atoms in total. The fourth-order valence-electron chi connectivity index (χ4n) is 6.50. The number of hydrogen-bond donors (Lipinski definition) is 3. The molecule has 9 atom stereocenters. The van der Waals surface area contributed by atoms with E-state index < -0.39 is 88.1 Å². The molecular weight excluding hydrogens is 843 g/mol. The Hall–Kier alpha value is -4.80. The van der Waals surface area contributed by atoms with Crippen LogP contribution < -0.4 is 26.5 Å². The molecule has 3 aliphatic heterocycles. The lowest BCUT2D eigenvalue weighted by Gasteiger charge is -2.29. The molecule has 3 fully saturated rings. The van der Waals surface area contributed by atoms with Crippen molar-refractivity contribution < 1.29 is 60.3 Å². The zero-order valence-corrected chi connectivity index (χ0v) is 33.2. The smallest absolute Gasteiger partial charge is 0.472 e. The lowest BCUT2D eigenvalue weighted by atomic mass is 10.1. The number of carbonyl (C=O) groups excluding carboxylic acids is 1. The van der Waals surface area contributed by atoms with Crippen LogP contribution in [0.5, 0.6) is 11.5 Å². The highest BCUT2D eigenvalue weighted by Crippen LogP contribution is 2.64. The molecule has 3 aliphatic rings. The lowest BCUT2D eigenvalue weighted by molar-refractivity contribution is -0.0619. The summed E-state index contributed by atoms with van der Waals surface area (Å²) in [6.45, 7) is -5.88. The van der Waals surface area contributed by atoms with Crippen LogP contribution in [0.2, 0.25) is 0 Å². The highest BCUT2D eigenvalue weighted by Gasteiger charge is 2.53. The number of hydrogen-bond acceptors (Lipinski definition) is 18. The molecule has 3 aromatic heterocycles. The van der Waals surface area contributed by atoms with Gasteiger partial charge in [0.2, 0.25) is 0 Å². The van der Waals surface area contributed by atoms with Gasteiger partial charge in [0.05, 0.1) is 32.2 Å². The van der Waals surface area contributed by atoms with Crippen LogP contribution in [0.25, 0.3) is 11.2 Å². The summed E-state index contributed by atoms with van der Waals surface area (Å²) in [6.07, 6.45) is -7.12. The molecule has 0 spiro atoms. The van der Waals surface area contributed by atoms with Crippen molar-refractivity contribution in [1.82, 2.24) is 29.1 Å². The SMILES string of the molecule is COc1ccc(C(=O)Oc2ccc(CSP3(=O)OC[C@H]4O[C@@H](n5cnc6c(N)ncnc65)C[C@@H]4OP(=O)(O)OC[C@H]4O[C@@H](n5ccc(=O)[nH]c5=O)[C@H](F)[C@@H]4O3)cc2)cc1. The molecule has 0 radical (unpaired) electrons. The average Bonchev–Trinajstić information content (AvgIpc) is 3.91. The molecular formula is C34H34FN7O14P2S. The summed E-state index contributed by atoms with van der Waals surface area (Å²) in [5.74, 6) is 0.253. The number of aromatic nitrogens is 6. The lowest BCUT2D eigenvalue weighted by Crippen LogP contribution is -2.37. The number of anilines is 1. The minimum absolute atomic E-state index is 0.0411. The quantitative estimate of drug-likeness (QED) is 0.114. The van der Waals surface area contributed by atoms with Gasteiger partial charge in [0.1, 0.15) is 54.0 Å². The van der Waals surface area contributed by atoms with Crippen molar-refractivity contribution in [2.24, 2.45) is 0 Å². The standard InChI is InChI=1S/C34H34FN7O14P2S/c1-49-20-8-4-19(5-9-20)33(44)52-21-6-2-18(3-7-21)15-59-58(48)51-13-23-22(12-26(53-23)42-17-39-28-30(36)37-16-38-31(28)42)55-57(46,47)50-14-24-29(56-58)27(35)32(54-24)41-11-10-25(43)40-34(41)45/h2-11,16-17,22-24,26-27,29,32H,12-15H2,1H3,(H,46,47)(H2,36,37,38)(H,40,43,45)/t22-,23+,24+,26+,27+,29+,32+,58?/m0/s1. The Morgan fingerprint density at radius 2 is 1.71 bits per heavy atom. The molecule has 0 saturated carbocycles. The molecule has 8 rings (SSSR count). The third-order valence-corrected chi connectivity index (χ3v) is 14.1. The van der Waals surface area contributed by atoms with E-state index in [1.807, 2.05) is 4.98 Å². The summed E-state index contributed by atoms with van der Waals surface area (Å²) in [5, 5.41) is 0. The second-order valence-corrected chi connectivity index (χ2v) is 18.7. The molecule has 6 heterocycles. The summed E-state index contributed by atoms with van der Waals surface area (Å²) in [5.41, 5.74) is 5.61. The Bertz CT molecular complexity index is 2560. The van der Waals surface area contributed by atoms with Gasteiger partial charge in [0.15, 0.2) is 23.9 Å². The molecule has 2 unspecified atom stereocenters. The van der Waals surface area contributed by atoms with Gasteiger partial charge in [-0.2, -0.15) is 0 Å². The van der Waals surface area contributed by atoms with Crippen molar-refractivity contribution in [3.05, 3.63) is 105 Å². The number of nitrogens with one attached hydrogen (secondary N) is 1. The van der Waals surface area contributed by atoms with E-state index in [1.54, 1.807) is 36.4 Å². The number of aromatic amines is 1. The van der Waals surface area contributed by atoms with Gasteiger partial charge in [-0.25, -0.2) is 38.1 Å². The van der Waals surface area contributed by atoms with E-state index in [-0.39, 0.29) is 29.3 Å². The highest BCUT2D eigenvalue weighted by atomic mass is 32.7. The largest absolute Gasteiger partial charge is 0.497 e. The number of carbonyl (C=O) groups is 1. The second kappa shape index (κ2) is 16.7. The maximum absolute atomic E-state index is 16.4. The number of H-pyrrole nitrogens is 1. The third kappa shape index (κ3) is 8.90. The summed E-state index contributed by atoms with van der Waals surface area (Å²) in [4.78, 5) is 62.2. The van der Waals surface area contributed by atoms with Crippen molar-refractivity contribution in [2.75, 3.05) is 26.1 Å². The second-order valence-electron chi connectivity index (χ2n) is 13.2. The first-order valence-electron chi connectivity index (χ1n) is 17.7. The molecule has 5 aromatic rings. The van der Waals surface area contributed by atoms with E-state index in [1.165, 1.54) is 36.5 Å². The number of nitrogens with two attached hydrogens (primary N) is 1. The summed E-state index contributed by atoms with van der Waals surface area (Å²) in [7, 11) is -3.45. The van der Waals surface area contributed by atoms with E-state index >= 15 is 4.39 Å². The molecule has 3 saturated heterocycles. The van der Waals surface area contributed by atoms with Crippen LogP contribution in [0.15, 0.2) is 83.0 Å². The van der Waals surface area contributed by atoms with Crippen LogP contribution in [0.1, 0.15) is 34.8 Å². The zero-order valence-electron chi connectivity index (χ0n) is 30.5. The highest BCUT2D eigenvalue weighted by molar-refractivity contribution is 8.54. The number of phosphoric acid groups is 1. The predicted molar refractivity (Wildman–Crippen MR) is 203 cm³/mol. The van der Waals surface area contributed by atoms with Gasteiger partial charge >= 0.3 is 26.3 Å². The van der Waals surface area contributed by atoms with E-state index in [4.69, 9.17) is 42.8 Å². The Kier molecular flexibility index (Phi) is 11.6. The first kappa shape index (κ1) is 41.0. The van der Waals surface area contributed by atoms with Crippen molar-refractivity contribution >= 4 is 49.0 Å². The van der Waals surface area contributed by atoms with Gasteiger partial charge in [0, 0.05) is 24.4 Å². The van der Waals surface area contributed by atoms with E-state index in [0.717, 1.165) is 16.8 Å². The molecule has 25 heteroatoms.